The fourth-order valence-electron chi connectivity index (χ4n) is 3.55. The monoisotopic (exact) mass is 488 g/mol. The highest BCUT2D eigenvalue weighted by atomic mass is 28.4. The first-order valence-electron chi connectivity index (χ1n) is 11.6. The van der Waals surface area contributed by atoms with E-state index in [0.717, 1.165) is 5.56 Å². The molecule has 186 valence electrons. The Bertz CT molecular complexity index is 914. The van der Waals surface area contributed by atoms with Gasteiger partial charge in [-0.2, -0.15) is 0 Å². The number of aliphatic hydroxyl groups is 2. The number of benzene rings is 2. The summed E-state index contributed by atoms with van der Waals surface area (Å²) in [6, 6.07) is 18.2. The molecular weight excluding hydrogens is 452 g/mol. The normalized spacial score (nSPS) is 25.7. The summed E-state index contributed by atoms with van der Waals surface area (Å²) in [6.45, 7) is 10.3. The van der Waals surface area contributed by atoms with Gasteiger partial charge in [-0.25, -0.2) is 4.79 Å². The van der Waals surface area contributed by atoms with Crippen molar-refractivity contribution >= 4 is 14.3 Å². The van der Waals surface area contributed by atoms with Crippen molar-refractivity contribution in [1.82, 2.24) is 0 Å². The van der Waals surface area contributed by atoms with E-state index in [0.29, 0.717) is 5.56 Å². The smallest absolute Gasteiger partial charge is 0.338 e. The maximum atomic E-state index is 12.9. The van der Waals surface area contributed by atoms with Crippen LogP contribution in [0.25, 0.3) is 0 Å². The lowest BCUT2D eigenvalue weighted by atomic mass is 9.98. The zero-order valence-corrected chi connectivity index (χ0v) is 21.5. The molecule has 0 amide bonds. The van der Waals surface area contributed by atoms with E-state index in [-0.39, 0.29) is 18.3 Å². The van der Waals surface area contributed by atoms with Crippen LogP contribution in [0.4, 0.5) is 0 Å². The van der Waals surface area contributed by atoms with Crippen LogP contribution in [-0.2, 0) is 25.2 Å². The van der Waals surface area contributed by atoms with Crippen molar-refractivity contribution in [2.45, 2.75) is 76.2 Å². The lowest BCUT2D eigenvalue weighted by molar-refractivity contribution is -0.292. The molecule has 2 N–H and O–H groups in total. The minimum atomic E-state index is -2.41. The molecule has 7 nitrogen and oxygen atoms in total. The van der Waals surface area contributed by atoms with E-state index < -0.39 is 45.0 Å². The summed E-state index contributed by atoms with van der Waals surface area (Å²) in [5, 5.41) is 20.7. The third-order valence-corrected chi connectivity index (χ3v) is 11.0. The first-order chi connectivity index (χ1) is 16.0. The zero-order valence-electron chi connectivity index (χ0n) is 20.5. The van der Waals surface area contributed by atoms with Gasteiger partial charge in [0.05, 0.1) is 18.8 Å². The van der Waals surface area contributed by atoms with E-state index in [9.17, 15) is 15.0 Å². The van der Waals surface area contributed by atoms with Crippen LogP contribution in [-0.4, -0.2) is 61.8 Å². The molecule has 0 aromatic heterocycles. The molecule has 1 aliphatic rings. The van der Waals surface area contributed by atoms with Gasteiger partial charge in [-0.15, -0.1) is 0 Å². The molecule has 0 radical (unpaired) electrons. The molecule has 1 fully saturated rings. The Morgan fingerprint density at radius 2 is 1.56 bits per heavy atom. The summed E-state index contributed by atoms with van der Waals surface area (Å²) < 4.78 is 24.3. The predicted molar refractivity (Wildman–Crippen MR) is 131 cm³/mol. The van der Waals surface area contributed by atoms with Crippen LogP contribution in [0.15, 0.2) is 60.7 Å². The third kappa shape index (κ3) is 6.32. The van der Waals surface area contributed by atoms with E-state index in [4.69, 9.17) is 18.6 Å². The second kappa shape index (κ2) is 11.1. The number of carbonyl (C=O) groups is 1. The van der Waals surface area contributed by atoms with Crippen LogP contribution in [0.1, 0.15) is 36.7 Å². The number of carbonyl (C=O) groups excluding carboxylic acids is 1. The molecule has 0 bridgehead atoms. The topological polar surface area (TPSA) is 94.5 Å². The average molecular weight is 489 g/mol. The standard InChI is InChI=1S/C26H36O7Si/c1-26(2,3)34(4,5)33-22-21(30-17-18-12-8-6-9-13-18)20(16-27)31-25(29)23(22)32-24(28)19-14-10-7-11-15-19/h6-15,20-23,25,27,29H,16-17H2,1-5H3/t20-,21-,22+,23-,25+/m1/s1. The maximum absolute atomic E-state index is 12.9. The number of hydrogen-bond donors (Lipinski definition) is 2. The van der Waals surface area contributed by atoms with Crippen molar-refractivity contribution in [3.8, 4) is 0 Å². The lowest BCUT2D eigenvalue weighted by Gasteiger charge is -2.48. The Morgan fingerprint density at radius 1 is 0.971 bits per heavy atom. The summed E-state index contributed by atoms with van der Waals surface area (Å²) >= 11 is 0. The summed E-state index contributed by atoms with van der Waals surface area (Å²) in [5.41, 5.74) is 1.29. The highest BCUT2D eigenvalue weighted by molar-refractivity contribution is 6.74. The van der Waals surface area contributed by atoms with Crippen molar-refractivity contribution in [2.24, 2.45) is 0 Å². The van der Waals surface area contributed by atoms with E-state index in [1.54, 1.807) is 30.3 Å². The molecule has 0 unspecified atom stereocenters. The van der Waals surface area contributed by atoms with Crippen molar-refractivity contribution in [3.05, 3.63) is 71.8 Å². The van der Waals surface area contributed by atoms with Gasteiger partial charge in [-0.3, -0.25) is 0 Å². The second-order valence-corrected chi connectivity index (χ2v) is 14.8. The zero-order chi connectivity index (χ0) is 24.9. The quantitative estimate of drug-likeness (QED) is 0.430. The van der Waals surface area contributed by atoms with Crippen LogP contribution in [0, 0.1) is 0 Å². The van der Waals surface area contributed by atoms with Gasteiger partial charge < -0.3 is 28.8 Å². The fourth-order valence-corrected chi connectivity index (χ4v) is 4.85. The summed E-state index contributed by atoms with van der Waals surface area (Å²) in [5.74, 6) is -0.596. The van der Waals surface area contributed by atoms with E-state index >= 15 is 0 Å². The molecule has 1 aliphatic heterocycles. The van der Waals surface area contributed by atoms with Gasteiger partial charge in [0.1, 0.15) is 18.3 Å². The molecule has 5 atom stereocenters. The number of hydrogen-bond acceptors (Lipinski definition) is 7. The Hall–Kier alpha value is -2.07. The van der Waals surface area contributed by atoms with Crippen molar-refractivity contribution in [3.63, 3.8) is 0 Å². The molecule has 0 saturated carbocycles. The van der Waals surface area contributed by atoms with Crippen molar-refractivity contribution in [1.29, 1.82) is 0 Å². The SMILES string of the molecule is CC(C)(C)[Si](C)(C)O[C@@H]1[C@@H](OC(=O)c2ccccc2)[C@@H](O)O[C@H](CO)[C@H]1OCc1ccccc1. The van der Waals surface area contributed by atoms with Gasteiger partial charge in [0.2, 0.25) is 0 Å². The highest BCUT2D eigenvalue weighted by Crippen LogP contribution is 2.40. The molecule has 8 heteroatoms. The first kappa shape index (κ1) is 26.5. The second-order valence-electron chi connectivity index (χ2n) is 10.1. The Labute approximate surface area is 202 Å². The Kier molecular flexibility index (Phi) is 8.67. The molecule has 34 heavy (non-hydrogen) atoms. The molecule has 2 aromatic rings. The van der Waals surface area contributed by atoms with Gasteiger partial charge >= 0.3 is 5.97 Å². The predicted octanol–water partition coefficient (Wildman–Crippen LogP) is 3.90. The van der Waals surface area contributed by atoms with E-state index in [1.807, 2.05) is 30.3 Å². The van der Waals surface area contributed by atoms with Gasteiger partial charge in [-0.05, 0) is 35.8 Å². The summed E-state index contributed by atoms with van der Waals surface area (Å²) in [6.07, 6.45) is -5.06. The molecule has 1 heterocycles. The fraction of sp³-hybridized carbons (Fsp3) is 0.500. The summed E-state index contributed by atoms with van der Waals surface area (Å²) in [4.78, 5) is 12.9. The van der Waals surface area contributed by atoms with E-state index in [2.05, 4.69) is 33.9 Å². The highest BCUT2D eigenvalue weighted by Gasteiger charge is 2.52. The Balaban J connectivity index is 1.92. The molecule has 1 saturated heterocycles. The van der Waals surface area contributed by atoms with Crippen LogP contribution in [0.5, 0.6) is 0 Å². The Morgan fingerprint density at radius 3 is 2.12 bits per heavy atom. The van der Waals surface area contributed by atoms with Gasteiger partial charge in [0.25, 0.3) is 0 Å². The lowest BCUT2D eigenvalue weighted by Crippen LogP contribution is -2.64. The summed E-state index contributed by atoms with van der Waals surface area (Å²) in [7, 11) is -2.41. The first-order valence-corrected chi connectivity index (χ1v) is 14.5. The van der Waals surface area contributed by atoms with Gasteiger partial charge in [0.15, 0.2) is 20.7 Å². The van der Waals surface area contributed by atoms with Crippen molar-refractivity contribution < 1.29 is 33.6 Å². The molecule has 0 spiro atoms. The number of aliphatic hydroxyl groups excluding tert-OH is 2. The minimum Gasteiger partial charge on any atom is -0.450 e. The minimum absolute atomic E-state index is 0.150. The van der Waals surface area contributed by atoms with Crippen LogP contribution < -0.4 is 0 Å². The van der Waals surface area contributed by atoms with Gasteiger partial charge in [-0.1, -0.05) is 69.3 Å². The number of rotatable bonds is 8. The maximum Gasteiger partial charge on any atom is 0.338 e. The molecule has 0 aliphatic carbocycles. The third-order valence-electron chi connectivity index (χ3n) is 6.56. The molecule has 3 rings (SSSR count). The largest absolute Gasteiger partial charge is 0.450 e. The molecule has 2 aromatic carbocycles. The van der Waals surface area contributed by atoms with Crippen LogP contribution in [0.3, 0.4) is 0 Å². The number of esters is 1. The van der Waals surface area contributed by atoms with E-state index in [1.165, 1.54) is 0 Å². The van der Waals surface area contributed by atoms with Crippen LogP contribution >= 0.6 is 0 Å². The van der Waals surface area contributed by atoms with Gasteiger partial charge in [0, 0.05) is 0 Å². The average Bonchev–Trinajstić information content (AvgIpc) is 2.80. The van der Waals surface area contributed by atoms with Crippen LogP contribution in [0.2, 0.25) is 18.1 Å². The number of ether oxygens (including phenoxy) is 3. The molecular formula is C26H36O7Si. The van der Waals surface area contributed by atoms with Crippen molar-refractivity contribution in [2.75, 3.05) is 6.61 Å².